The highest BCUT2D eigenvalue weighted by atomic mass is 19.1. The van der Waals surface area contributed by atoms with E-state index in [0.717, 1.165) is 18.2 Å². The number of nitrogens with zero attached hydrogens (tertiary/aromatic N) is 4. The van der Waals surface area contributed by atoms with Crippen LogP contribution in [0.1, 0.15) is 47.8 Å². The number of fused-ring (bicyclic) bond motifs is 1. The van der Waals surface area contributed by atoms with Crippen LogP contribution in [-0.2, 0) is 0 Å². The Balaban J connectivity index is 1.49. The van der Waals surface area contributed by atoms with Gasteiger partial charge in [-0.1, -0.05) is 0 Å². The first-order valence-electron chi connectivity index (χ1n) is 10.5. The minimum atomic E-state index is -0.968. The van der Waals surface area contributed by atoms with Gasteiger partial charge in [-0.3, -0.25) is 9.89 Å². The molecule has 0 bridgehead atoms. The van der Waals surface area contributed by atoms with E-state index in [-0.39, 0.29) is 16.9 Å². The average molecular weight is 444 g/mol. The lowest BCUT2D eigenvalue weighted by atomic mass is 10.0. The summed E-state index contributed by atoms with van der Waals surface area (Å²) in [5.41, 5.74) is 0.517. The number of amides is 1. The van der Waals surface area contributed by atoms with Crippen LogP contribution in [0.3, 0.4) is 0 Å². The van der Waals surface area contributed by atoms with E-state index in [1.54, 1.807) is 0 Å². The SMILES string of the molecule is O=C(c1[nH]nc2ncnc(N[C@@H]3CC[C@@H](O)[C@H]3O)c12)N1CCC[C@@H]1c1cc(F)ccc1F. The minimum absolute atomic E-state index is 0.125. The lowest BCUT2D eigenvalue weighted by Gasteiger charge is -2.25. The Morgan fingerprint density at radius 2 is 2.03 bits per heavy atom. The third-order valence-electron chi connectivity index (χ3n) is 6.30. The zero-order chi connectivity index (χ0) is 22.4. The predicted octanol–water partition coefficient (Wildman–Crippen LogP) is 1.90. The van der Waals surface area contributed by atoms with E-state index >= 15 is 0 Å². The van der Waals surface area contributed by atoms with E-state index < -0.39 is 41.8 Å². The van der Waals surface area contributed by atoms with Crippen molar-refractivity contribution >= 4 is 22.8 Å². The molecule has 1 saturated heterocycles. The standard InChI is InChI=1S/C21H22F2N6O3/c22-10-3-4-12(23)11(8-10)14-2-1-7-29(14)21(32)17-16-19(24-9-25-20(16)28-27-17)26-13-5-6-15(30)18(13)31/h3-4,8-9,13-15,18,30-31H,1-2,5-7H2,(H2,24,25,26,27,28)/t13-,14-,15-,18+/m1/s1. The Labute approximate surface area is 181 Å². The Kier molecular flexibility index (Phi) is 5.22. The van der Waals surface area contributed by atoms with Gasteiger partial charge in [-0.25, -0.2) is 18.7 Å². The third-order valence-corrected chi connectivity index (χ3v) is 6.30. The van der Waals surface area contributed by atoms with Crippen molar-refractivity contribution in [3.63, 3.8) is 0 Å². The van der Waals surface area contributed by atoms with Gasteiger partial charge in [0.25, 0.3) is 5.91 Å². The number of rotatable bonds is 4. The summed E-state index contributed by atoms with van der Waals surface area (Å²) < 4.78 is 28.2. The van der Waals surface area contributed by atoms with Crippen molar-refractivity contribution < 1.29 is 23.8 Å². The molecule has 2 aliphatic rings. The largest absolute Gasteiger partial charge is 0.390 e. The molecule has 2 fully saturated rings. The van der Waals surface area contributed by atoms with Crippen LogP contribution >= 0.6 is 0 Å². The van der Waals surface area contributed by atoms with E-state index in [0.29, 0.717) is 43.4 Å². The number of H-pyrrole nitrogens is 1. The molecule has 3 aromatic rings. The molecule has 5 rings (SSSR count). The molecular formula is C21H22F2N6O3. The molecule has 0 spiro atoms. The van der Waals surface area contributed by atoms with Crippen molar-refractivity contribution in [1.29, 1.82) is 0 Å². The molecule has 2 aromatic heterocycles. The maximum absolute atomic E-state index is 14.4. The molecule has 4 atom stereocenters. The number of hydrogen-bond donors (Lipinski definition) is 4. The van der Waals surface area contributed by atoms with Crippen LogP contribution in [0.2, 0.25) is 0 Å². The van der Waals surface area contributed by atoms with Gasteiger partial charge in [0.15, 0.2) is 5.65 Å². The third kappa shape index (κ3) is 3.47. The van der Waals surface area contributed by atoms with Crippen LogP contribution in [-0.4, -0.2) is 66.0 Å². The van der Waals surface area contributed by atoms with Crippen molar-refractivity contribution in [2.45, 2.75) is 50.0 Å². The highest BCUT2D eigenvalue weighted by Gasteiger charge is 2.36. The van der Waals surface area contributed by atoms with Crippen molar-refractivity contribution in [3.05, 3.63) is 47.4 Å². The molecule has 1 amide bonds. The summed E-state index contributed by atoms with van der Waals surface area (Å²) in [7, 11) is 0. The lowest BCUT2D eigenvalue weighted by molar-refractivity contribution is 0.0392. The lowest BCUT2D eigenvalue weighted by Crippen LogP contribution is -2.35. The van der Waals surface area contributed by atoms with E-state index in [1.165, 1.54) is 11.2 Å². The molecule has 1 aliphatic carbocycles. The van der Waals surface area contributed by atoms with Crippen LogP contribution in [0, 0.1) is 11.6 Å². The summed E-state index contributed by atoms with van der Waals surface area (Å²) in [4.78, 5) is 23.3. The average Bonchev–Trinajstić information content (AvgIpc) is 3.51. The monoisotopic (exact) mass is 444 g/mol. The quantitative estimate of drug-likeness (QED) is 0.484. The molecular weight excluding hydrogens is 422 g/mol. The summed E-state index contributed by atoms with van der Waals surface area (Å²) in [5.74, 6) is -1.25. The molecule has 11 heteroatoms. The number of aromatic amines is 1. The Bertz CT molecular complexity index is 1170. The fraction of sp³-hybridized carbons (Fsp3) is 0.429. The predicted molar refractivity (Wildman–Crippen MR) is 110 cm³/mol. The number of aromatic nitrogens is 4. The molecule has 3 heterocycles. The Hall–Kier alpha value is -3.18. The Morgan fingerprint density at radius 1 is 1.19 bits per heavy atom. The van der Waals surface area contributed by atoms with E-state index in [1.807, 2.05) is 0 Å². The summed E-state index contributed by atoms with van der Waals surface area (Å²) in [5, 5.41) is 30.3. The van der Waals surface area contributed by atoms with Gasteiger partial charge >= 0.3 is 0 Å². The minimum Gasteiger partial charge on any atom is -0.390 e. The van der Waals surface area contributed by atoms with Gasteiger partial charge in [0.2, 0.25) is 0 Å². The summed E-state index contributed by atoms with van der Waals surface area (Å²) in [6.07, 6.45) is 1.61. The molecule has 168 valence electrons. The Morgan fingerprint density at radius 3 is 2.81 bits per heavy atom. The zero-order valence-corrected chi connectivity index (χ0v) is 17.0. The van der Waals surface area contributed by atoms with E-state index in [4.69, 9.17) is 0 Å². The number of aliphatic hydroxyl groups is 2. The van der Waals surface area contributed by atoms with Crippen molar-refractivity contribution in [2.24, 2.45) is 0 Å². The highest BCUT2D eigenvalue weighted by Crippen LogP contribution is 2.36. The summed E-state index contributed by atoms with van der Waals surface area (Å²) >= 11 is 0. The number of hydrogen-bond acceptors (Lipinski definition) is 7. The van der Waals surface area contributed by atoms with E-state index in [2.05, 4.69) is 25.5 Å². The number of nitrogens with one attached hydrogen (secondary N) is 2. The van der Waals surface area contributed by atoms with Gasteiger partial charge in [0, 0.05) is 12.1 Å². The number of halogens is 2. The smallest absolute Gasteiger partial charge is 0.273 e. The summed E-state index contributed by atoms with van der Waals surface area (Å²) in [6, 6.07) is 2.19. The second-order valence-electron chi connectivity index (χ2n) is 8.23. The van der Waals surface area contributed by atoms with Crippen molar-refractivity contribution in [2.75, 3.05) is 11.9 Å². The first-order chi connectivity index (χ1) is 15.4. The van der Waals surface area contributed by atoms with Gasteiger partial charge in [0.1, 0.15) is 29.5 Å². The van der Waals surface area contributed by atoms with Gasteiger partial charge in [-0.15, -0.1) is 0 Å². The molecule has 32 heavy (non-hydrogen) atoms. The molecule has 1 aliphatic heterocycles. The number of benzene rings is 1. The number of likely N-dealkylation sites (tertiary alicyclic amines) is 1. The molecule has 0 radical (unpaired) electrons. The van der Waals surface area contributed by atoms with Gasteiger partial charge in [-0.2, -0.15) is 5.10 Å². The molecule has 0 unspecified atom stereocenters. The maximum atomic E-state index is 14.4. The second kappa shape index (κ2) is 8.06. The first-order valence-corrected chi connectivity index (χ1v) is 10.5. The fourth-order valence-electron chi connectivity index (χ4n) is 4.66. The summed E-state index contributed by atoms with van der Waals surface area (Å²) in [6.45, 7) is 0.379. The van der Waals surface area contributed by atoms with Crippen LogP contribution in [0.4, 0.5) is 14.6 Å². The number of carbonyl (C=O) groups is 1. The topological polar surface area (TPSA) is 127 Å². The first kappa shape index (κ1) is 20.7. The van der Waals surface area contributed by atoms with Crippen LogP contribution in [0.15, 0.2) is 24.5 Å². The van der Waals surface area contributed by atoms with E-state index in [9.17, 15) is 23.8 Å². The zero-order valence-electron chi connectivity index (χ0n) is 17.0. The second-order valence-corrected chi connectivity index (χ2v) is 8.23. The number of aliphatic hydroxyl groups excluding tert-OH is 2. The van der Waals surface area contributed by atoms with Crippen LogP contribution in [0.5, 0.6) is 0 Å². The van der Waals surface area contributed by atoms with Crippen LogP contribution < -0.4 is 5.32 Å². The normalized spacial score (nSPS) is 25.6. The number of anilines is 1. The molecule has 4 N–H and O–H groups in total. The van der Waals surface area contributed by atoms with Gasteiger partial charge in [-0.05, 0) is 43.9 Å². The maximum Gasteiger partial charge on any atom is 0.273 e. The van der Waals surface area contributed by atoms with Gasteiger partial charge < -0.3 is 20.4 Å². The highest BCUT2D eigenvalue weighted by molar-refractivity contribution is 6.07. The van der Waals surface area contributed by atoms with Crippen LogP contribution in [0.25, 0.3) is 11.0 Å². The molecule has 1 aromatic carbocycles. The van der Waals surface area contributed by atoms with Crippen molar-refractivity contribution in [3.8, 4) is 0 Å². The molecule has 1 saturated carbocycles. The molecule has 9 nitrogen and oxygen atoms in total. The fourth-order valence-corrected chi connectivity index (χ4v) is 4.66. The van der Waals surface area contributed by atoms with Gasteiger partial charge in [0.05, 0.1) is 29.7 Å². The number of carbonyl (C=O) groups excluding carboxylic acids is 1. The van der Waals surface area contributed by atoms with Crippen molar-refractivity contribution in [1.82, 2.24) is 25.1 Å².